The Hall–Kier alpha value is -3.85. The summed E-state index contributed by atoms with van der Waals surface area (Å²) in [6, 6.07) is 16.6. The number of aryl methyl sites for hydroxylation is 2. The summed E-state index contributed by atoms with van der Waals surface area (Å²) in [6.45, 7) is 5.00. The number of hydrogen-bond acceptors (Lipinski definition) is 5. The second-order valence-electron chi connectivity index (χ2n) is 7.16. The number of hydrogen-bond donors (Lipinski definition) is 1. The van der Waals surface area contributed by atoms with Crippen LogP contribution >= 0.6 is 0 Å². The maximum absolute atomic E-state index is 12.9. The fraction of sp³-hybridized carbons (Fsp3) is 0.208. The molecule has 3 aromatic rings. The van der Waals surface area contributed by atoms with Gasteiger partial charge in [-0.15, -0.1) is 0 Å². The summed E-state index contributed by atoms with van der Waals surface area (Å²) < 4.78 is 6.66. The number of ketones is 1. The van der Waals surface area contributed by atoms with Crippen LogP contribution in [0.4, 0.5) is 0 Å². The number of nitriles is 1. The zero-order chi connectivity index (χ0) is 21.8. The van der Waals surface area contributed by atoms with Gasteiger partial charge in [0.25, 0.3) is 5.56 Å². The Kier molecular flexibility index (Phi) is 6.03. The molecule has 0 aliphatic heterocycles. The van der Waals surface area contributed by atoms with E-state index in [1.165, 1.54) is 6.92 Å². The normalized spacial score (nSPS) is 10.5. The Morgan fingerprint density at radius 1 is 1.10 bits per heavy atom. The number of pyridine rings is 1. The van der Waals surface area contributed by atoms with Gasteiger partial charge in [0.1, 0.15) is 17.4 Å². The first kappa shape index (κ1) is 20.9. The topological polar surface area (TPSA) is 92.3 Å². The van der Waals surface area contributed by atoms with Gasteiger partial charge in [0, 0.05) is 0 Å². The van der Waals surface area contributed by atoms with E-state index in [4.69, 9.17) is 4.74 Å². The molecule has 0 radical (unpaired) electrons. The number of rotatable bonds is 6. The van der Waals surface area contributed by atoms with Gasteiger partial charge < -0.3 is 9.84 Å². The molecule has 0 spiro atoms. The molecule has 152 valence electrons. The van der Waals surface area contributed by atoms with Crippen molar-refractivity contribution in [1.82, 2.24) is 4.57 Å². The van der Waals surface area contributed by atoms with Gasteiger partial charge >= 0.3 is 0 Å². The lowest BCUT2D eigenvalue weighted by Crippen LogP contribution is -2.28. The smallest absolute Gasteiger partial charge is 0.271 e. The molecule has 6 heteroatoms. The summed E-state index contributed by atoms with van der Waals surface area (Å²) in [6.07, 6.45) is 0. The number of benzene rings is 2. The average molecular weight is 402 g/mol. The highest BCUT2D eigenvalue weighted by Gasteiger charge is 2.24. The molecule has 0 saturated heterocycles. The standard InChI is InChI=1S/C24H22N2O4/c1-15-8-10-18(11-9-15)13-26-23(28)19(12-25)17(3)22(24(26)29)20(27)14-30-21-7-5-4-6-16(21)2/h4-11,29H,13-14H2,1-3H3. The lowest BCUT2D eigenvalue weighted by molar-refractivity contribution is 0.0916. The fourth-order valence-corrected chi connectivity index (χ4v) is 3.24. The van der Waals surface area contributed by atoms with Crippen molar-refractivity contribution >= 4 is 5.78 Å². The van der Waals surface area contributed by atoms with E-state index in [1.54, 1.807) is 12.1 Å². The third kappa shape index (κ3) is 4.11. The largest absolute Gasteiger partial charge is 0.494 e. The van der Waals surface area contributed by atoms with Gasteiger partial charge in [0.2, 0.25) is 11.7 Å². The number of para-hydroxylation sites is 1. The van der Waals surface area contributed by atoms with E-state index in [2.05, 4.69) is 0 Å². The second-order valence-corrected chi connectivity index (χ2v) is 7.16. The molecule has 0 aliphatic rings. The molecule has 0 aliphatic carbocycles. The average Bonchev–Trinajstić information content (AvgIpc) is 2.72. The van der Waals surface area contributed by atoms with Crippen molar-refractivity contribution in [3.05, 3.63) is 92.3 Å². The number of Topliss-reactive ketones (excluding diaryl/α,β-unsaturated/α-hetero) is 1. The molecule has 0 fully saturated rings. The summed E-state index contributed by atoms with van der Waals surface area (Å²) >= 11 is 0. The van der Waals surface area contributed by atoms with E-state index >= 15 is 0 Å². The monoisotopic (exact) mass is 402 g/mol. The molecule has 0 saturated carbocycles. The predicted octanol–water partition coefficient (Wildman–Crippen LogP) is 3.66. The van der Waals surface area contributed by atoms with Crippen LogP contribution in [0.2, 0.25) is 0 Å². The highest BCUT2D eigenvalue weighted by molar-refractivity contribution is 6.01. The van der Waals surface area contributed by atoms with E-state index in [9.17, 15) is 20.0 Å². The first-order chi connectivity index (χ1) is 14.3. The van der Waals surface area contributed by atoms with Crippen LogP contribution in [0.1, 0.15) is 38.2 Å². The highest BCUT2D eigenvalue weighted by atomic mass is 16.5. The molecule has 6 nitrogen and oxygen atoms in total. The van der Waals surface area contributed by atoms with Gasteiger partial charge in [-0.3, -0.25) is 14.2 Å². The van der Waals surface area contributed by atoms with Gasteiger partial charge in [-0.25, -0.2) is 0 Å². The summed E-state index contributed by atoms with van der Waals surface area (Å²) in [5, 5.41) is 20.3. The number of nitrogens with zero attached hydrogens (tertiary/aromatic N) is 2. The molecule has 3 rings (SSSR count). The predicted molar refractivity (Wildman–Crippen MR) is 113 cm³/mol. The van der Waals surface area contributed by atoms with Crippen LogP contribution in [-0.2, 0) is 6.54 Å². The SMILES string of the molecule is Cc1ccc(Cn2c(O)c(C(=O)COc3ccccc3C)c(C)c(C#N)c2=O)cc1. The van der Waals surface area contributed by atoms with Crippen LogP contribution in [-0.4, -0.2) is 22.1 Å². The van der Waals surface area contributed by atoms with Gasteiger partial charge in [0.15, 0.2) is 6.61 Å². The minimum atomic E-state index is -0.635. The van der Waals surface area contributed by atoms with Gasteiger partial charge in [0.05, 0.1) is 12.1 Å². The second kappa shape index (κ2) is 8.66. The Labute approximate surface area is 174 Å². The number of aromatic nitrogens is 1. The molecule has 0 unspecified atom stereocenters. The van der Waals surface area contributed by atoms with Crippen molar-refractivity contribution in [1.29, 1.82) is 5.26 Å². The van der Waals surface area contributed by atoms with Gasteiger partial charge in [-0.1, -0.05) is 48.0 Å². The van der Waals surface area contributed by atoms with Crippen molar-refractivity contribution in [3.63, 3.8) is 0 Å². The van der Waals surface area contributed by atoms with E-state index in [0.29, 0.717) is 5.75 Å². The van der Waals surface area contributed by atoms with Crippen molar-refractivity contribution in [2.75, 3.05) is 6.61 Å². The number of carbonyl (C=O) groups is 1. The Morgan fingerprint density at radius 3 is 2.40 bits per heavy atom. The van der Waals surface area contributed by atoms with Crippen molar-refractivity contribution in [2.24, 2.45) is 0 Å². The molecule has 1 aromatic heterocycles. The maximum atomic E-state index is 12.9. The van der Waals surface area contributed by atoms with Gasteiger partial charge in [-0.05, 0) is 43.5 Å². The zero-order valence-corrected chi connectivity index (χ0v) is 17.1. The number of ether oxygens (including phenoxy) is 1. The number of aromatic hydroxyl groups is 1. The van der Waals surface area contributed by atoms with E-state index in [1.807, 2.05) is 56.3 Å². The van der Waals surface area contributed by atoms with Crippen LogP contribution in [0.15, 0.2) is 53.3 Å². The van der Waals surface area contributed by atoms with Crippen LogP contribution in [0.3, 0.4) is 0 Å². The summed E-state index contributed by atoms with van der Waals surface area (Å²) in [7, 11) is 0. The molecule has 0 atom stereocenters. The first-order valence-corrected chi connectivity index (χ1v) is 9.47. The molecule has 0 amide bonds. The van der Waals surface area contributed by atoms with E-state index < -0.39 is 17.2 Å². The molecule has 30 heavy (non-hydrogen) atoms. The zero-order valence-electron chi connectivity index (χ0n) is 17.1. The van der Waals surface area contributed by atoms with Crippen LogP contribution in [0.5, 0.6) is 11.6 Å². The molecule has 0 bridgehead atoms. The molecule has 2 aromatic carbocycles. The maximum Gasteiger partial charge on any atom is 0.271 e. The fourth-order valence-electron chi connectivity index (χ4n) is 3.24. The molecular formula is C24H22N2O4. The summed E-state index contributed by atoms with van der Waals surface area (Å²) in [4.78, 5) is 25.6. The summed E-state index contributed by atoms with van der Waals surface area (Å²) in [5.41, 5.74) is 1.96. The third-order valence-corrected chi connectivity index (χ3v) is 4.99. The third-order valence-electron chi connectivity index (χ3n) is 4.99. The van der Waals surface area contributed by atoms with Crippen LogP contribution < -0.4 is 10.3 Å². The highest BCUT2D eigenvalue weighted by Crippen LogP contribution is 2.24. The summed E-state index contributed by atoms with van der Waals surface area (Å²) in [5.74, 6) is -0.422. The van der Waals surface area contributed by atoms with Gasteiger partial charge in [-0.2, -0.15) is 5.26 Å². The van der Waals surface area contributed by atoms with Crippen molar-refractivity contribution < 1.29 is 14.6 Å². The van der Waals surface area contributed by atoms with Crippen molar-refractivity contribution in [3.8, 4) is 17.7 Å². The minimum Gasteiger partial charge on any atom is -0.494 e. The minimum absolute atomic E-state index is 0.0405. The Morgan fingerprint density at radius 2 is 1.77 bits per heavy atom. The molecule has 1 heterocycles. The quantitative estimate of drug-likeness (QED) is 0.635. The molecule has 1 N–H and O–H groups in total. The van der Waals surface area contributed by atoms with Crippen molar-refractivity contribution in [2.45, 2.75) is 27.3 Å². The van der Waals surface area contributed by atoms with Crippen LogP contribution in [0.25, 0.3) is 0 Å². The number of carbonyl (C=O) groups excluding carboxylic acids is 1. The van der Waals surface area contributed by atoms with Crippen LogP contribution in [0, 0.1) is 32.1 Å². The first-order valence-electron chi connectivity index (χ1n) is 9.47. The Bertz CT molecular complexity index is 1200. The Balaban J connectivity index is 2.00. The lowest BCUT2D eigenvalue weighted by atomic mass is 10.0. The van der Waals surface area contributed by atoms with E-state index in [0.717, 1.165) is 21.3 Å². The molecular weight excluding hydrogens is 380 g/mol. The van der Waals surface area contributed by atoms with E-state index in [-0.39, 0.29) is 29.8 Å². The lowest BCUT2D eigenvalue weighted by Gasteiger charge is -2.16.